The molecule has 1 aromatic carbocycles. The molecule has 1 aromatic heterocycles. The minimum atomic E-state index is 0.561. The van der Waals surface area contributed by atoms with Gasteiger partial charge in [0, 0.05) is 42.7 Å². The highest BCUT2D eigenvalue weighted by Crippen LogP contribution is 2.24. The fourth-order valence-corrected chi connectivity index (χ4v) is 3.71. The molecule has 106 valence electrons. The van der Waals surface area contributed by atoms with E-state index in [0.29, 0.717) is 12.1 Å². The second-order valence-electron chi connectivity index (χ2n) is 5.67. The molecular formula is C16H21N3S. The van der Waals surface area contributed by atoms with Gasteiger partial charge in [0.05, 0.1) is 5.69 Å². The Hall–Kier alpha value is -1.23. The van der Waals surface area contributed by atoms with Gasteiger partial charge in [0.1, 0.15) is 5.01 Å². The van der Waals surface area contributed by atoms with Crippen molar-refractivity contribution < 1.29 is 0 Å². The summed E-state index contributed by atoms with van der Waals surface area (Å²) < 4.78 is 0. The molecule has 3 rings (SSSR count). The summed E-state index contributed by atoms with van der Waals surface area (Å²) in [6.07, 6.45) is 0. The van der Waals surface area contributed by atoms with Crippen molar-refractivity contribution in [3.05, 3.63) is 41.4 Å². The predicted molar refractivity (Wildman–Crippen MR) is 84.9 cm³/mol. The van der Waals surface area contributed by atoms with Crippen LogP contribution >= 0.6 is 11.3 Å². The van der Waals surface area contributed by atoms with Crippen LogP contribution in [-0.2, 0) is 6.54 Å². The van der Waals surface area contributed by atoms with E-state index in [9.17, 15) is 0 Å². The number of thiazole rings is 1. The Morgan fingerprint density at radius 1 is 1.20 bits per heavy atom. The van der Waals surface area contributed by atoms with Gasteiger partial charge in [0.25, 0.3) is 0 Å². The summed E-state index contributed by atoms with van der Waals surface area (Å²) in [5.41, 5.74) is 2.40. The molecule has 0 spiro atoms. The number of hydrogen-bond acceptors (Lipinski definition) is 4. The molecule has 0 saturated carbocycles. The second-order valence-corrected chi connectivity index (χ2v) is 6.53. The molecule has 2 atom stereocenters. The molecule has 0 amide bonds. The molecule has 0 bridgehead atoms. The van der Waals surface area contributed by atoms with E-state index < -0.39 is 0 Å². The van der Waals surface area contributed by atoms with Crippen LogP contribution in [0.15, 0.2) is 35.7 Å². The SMILES string of the molecule is CC1CN(Cc2csc(-c3ccccc3)n2)CC(C)N1. The lowest BCUT2D eigenvalue weighted by molar-refractivity contribution is 0.165. The fourth-order valence-electron chi connectivity index (χ4n) is 2.89. The molecule has 4 heteroatoms. The monoisotopic (exact) mass is 287 g/mol. The standard InChI is InChI=1S/C16H21N3S/c1-12-8-19(9-13(2)17-12)10-15-11-20-16(18-15)14-6-4-3-5-7-14/h3-7,11-13,17H,8-10H2,1-2H3. The summed E-state index contributed by atoms with van der Waals surface area (Å²) in [4.78, 5) is 7.28. The Bertz CT molecular complexity index is 542. The maximum Gasteiger partial charge on any atom is 0.123 e. The van der Waals surface area contributed by atoms with E-state index in [4.69, 9.17) is 4.98 Å². The van der Waals surface area contributed by atoms with Crippen molar-refractivity contribution in [2.24, 2.45) is 0 Å². The molecule has 0 aliphatic carbocycles. The molecule has 1 aliphatic heterocycles. The number of nitrogens with one attached hydrogen (secondary N) is 1. The molecule has 1 saturated heterocycles. The third-order valence-corrected chi connectivity index (χ3v) is 4.53. The van der Waals surface area contributed by atoms with Gasteiger partial charge in [-0.15, -0.1) is 11.3 Å². The topological polar surface area (TPSA) is 28.2 Å². The Kier molecular flexibility index (Phi) is 4.15. The molecule has 2 aromatic rings. The number of nitrogens with zero attached hydrogens (tertiary/aromatic N) is 2. The molecule has 1 N–H and O–H groups in total. The van der Waals surface area contributed by atoms with E-state index in [2.05, 4.69) is 53.7 Å². The van der Waals surface area contributed by atoms with Gasteiger partial charge in [0.15, 0.2) is 0 Å². The second kappa shape index (κ2) is 6.04. The molecule has 3 nitrogen and oxygen atoms in total. The molecule has 2 unspecified atom stereocenters. The number of benzene rings is 1. The lowest BCUT2D eigenvalue weighted by atomic mass is 10.1. The van der Waals surface area contributed by atoms with Crippen LogP contribution in [0.4, 0.5) is 0 Å². The van der Waals surface area contributed by atoms with E-state index >= 15 is 0 Å². The van der Waals surface area contributed by atoms with Crippen molar-refractivity contribution in [2.75, 3.05) is 13.1 Å². The third-order valence-electron chi connectivity index (χ3n) is 3.59. The van der Waals surface area contributed by atoms with Gasteiger partial charge in [-0.1, -0.05) is 30.3 Å². The van der Waals surface area contributed by atoms with Crippen LogP contribution in [0.1, 0.15) is 19.5 Å². The maximum absolute atomic E-state index is 4.78. The lowest BCUT2D eigenvalue weighted by Gasteiger charge is -2.35. The lowest BCUT2D eigenvalue weighted by Crippen LogP contribution is -2.53. The minimum Gasteiger partial charge on any atom is -0.309 e. The molecule has 1 aliphatic rings. The Morgan fingerprint density at radius 3 is 2.60 bits per heavy atom. The Balaban J connectivity index is 1.68. The van der Waals surface area contributed by atoms with Crippen LogP contribution in [0.5, 0.6) is 0 Å². The van der Waals surface area contributed by atoms with Crippen LogP contribution in [0.25, 0.3) is 10.6 Å². The van der Waals surface area contributed by atoms with Crippen molar-refractivity contribution in [3.8, 4) is 10.6 Å². The first-order valence-electron chi connectivity index (χ1n) is 7.19. The third kappa shape index (κ3) is 3.26. The van der Waals surface area contributed by atoms with Crippen LogP contribution in [0, 0.1) is 0 Å². The van der Waals surface area contributed by atoms with Crippen molar-refractivity contribution in [2.45, 2.75) is 32.5 Å². The number of hydrogen-bond donors (Lipinski definition) is 1. The van der Waals surface area contributed by atoms with E-state index in [-0.39, 0.29) is 0 Å². The summed E-state index contributed by atoms with van der Waals surface area (Å²) in [6, 6.07) is 11.5. The quantitative estimate of drug-likeness (QED) is 0.940. The molecule has 20 heavy (non-hydrogen) atoms. The van der Waals surface area contributed by atoms with Crippen LogP contribution in [-0.4, -0.2) is 35.1 Å². The number of piperazine rings is 1. The van der Waals surface area contributed by atoms with Gasteiger partial charge in [0.2, 0.25) is 0 Å². The summed E-state index contributed by atoms with van der Waals surface area (Å²) in [5, 5.41) is 6.88. The van der Waals surface area contributed by atoms with Crippen molar-refractivity contribution in [1.29, 1.82) is 0 Å². The van der Waals surface area contributed by atoms with Crippen LogP contribution in [0.2, 0.25) is 0 Å². The van der Waals surface area contributed by atoms with E-state index in [1.807, 2.05) is 6.07 Å². The summed E-state index contributed by atoms with van der Waals surface area (Å²) >= 11 is 1.74. The fraction of sp³-hybridized carbons (Fsp3) is 0.438. The molecular weight excluding hydrogens is 266 g/mol. The van der Waals surface area contributed by atoms with Crippen LogP contribution in [0.3, 0.4) is 0 Å². The smallest absolute Gasteiger partial charge is 0.123 e. The van der Waals surface area contributed by atoms with Gasteiger partial charge >= 0.3 is 0 Å². The Morgan fingerprint density at radius 2 is 1.90 bits per heavy atom. The summed E-state index contributed by atoms with van der Waals surface area (Å²) in [6.45, 7) is 7.66. The van der Waals surface area contributed by atoms with Gasteiger partial charge in [-0.25, -0.2) is 4.98 Å². The average Bonchev–Trinajstić information content (AvgIpc) is 2.87. The van der Waals surface area contributed by atoms with Crippen LogP contribution < -0.4 is 5.32 Å². The van der Waals surface area contributed by atoms with Gasteiger partial charge in [-0.2, -0.15) is 0 Å². The number of aromatic nitrogens is 1. The average molecular weight is 287 g/mol. The van der Waals surface area contributed by atoms with E-state index in [0.717, 1.165) is 24.6 Å². The molecule has 0 radical (unpaired) electrons. The van der Waals surface area contributed by atoms with Crippen molar-refractivity contribution in [1.82, 2.24) is 15.2 Å². The Labute approximate surface area is 124 Å². The first kappa shape index (κ1) is 13.7. The highest BCUT2D eigenvalue weighted by atomic mass is 32.1. The first-order chi connectivity index (χ1) is 9.70. The van der Waals surface area contributed by atoms with Gasteiger partial charge in [-0.3, -0.25) is 4.90 Å². The summed E-state index contributed by atoms with van der Waals surface area (Å²) in [7, 11) is 0. The van der Waals surface area contributed by atoms with Gasteiger partial charge in [-0.05, 0) is 13.8 Å². The minimum absolute atomic E-state index is 0.561. The highest BCUT2D eigenvalue weighted by Gasteiger charge is 2.21. The largest absolute Gasteiger partial charge is 0.309 e. The van der Waals surface area contributed by atoms with E-state index in [1.165, 1.54) is 11.3 Å². The maximum atomic E-state index is 4.78. The summed E-state index contributed by atoms with van der Waals surface area (Å²) in [5.74, 6) is 0. The zero-order valence-corrected chi connectivity index (χ0v) is 12.9. The molecule has 1 fully saturated rings. The first-order valence-corrected chi connectivity index (χ1v) is 8.07. The predicted octanol–water partition coefficient (Wildman–Crippen LogP) is 2.99. The highest BCUT2D eigenvalue weighted by molar-refractivity contribution is 7.13. The zero-order chi connectivity index (χ0) is 13.9. The normalized spacial score (nSPS) is 23.9. The number of rotatable bonds is 3. The molecule has 2 heterocycles. The van der Waals surface area contributed by atoms with Gasteiger partial charge < -0.3 is 5.32 Å². The van der Waals surface area contributed by atoms with Crippen molar-refractivity contribution >= 4 is 11.3 Å². The zero-order valence-electron chi connectivity index (χ0n) is 12.0. The van der Waals surface area contributed by atoms with E-state index in [1.54, 1.807) is 11.3 Å². The van der Waals surface area contributed by atoms with Crippen molar-refractivity contribution in [3.63, 3.8) is 0 Å².